The molecule has 3 aromatic carbocycles. The molecule has 154 valence electrons. The maximum atomic E-state index is 12.9. The van der Waals surface area contributed by atoms with Gasteiger partial charge in [0.05, 0.1) is 36.5 Å². The fourth-order valence-corrected chi connectivity index (χ4v) is 3.99. The largest absolute Gasteiger partial charge is 0.495 e. The number of fused-ring (bicyclic) bond motifs is 1. The van der Waals surface area contributed by atoms with Crippen LogP contribution in [0.2, 0.25) is 5.02 Å². The summed E-state index contributed by atoms with van der Waals surface area (Å²) >= 11 is 6.19. The van der Waals surface area contributed by atoms with Gasteiger partial charge in [0.2, 0.25) is 11.8 Å². The van der Waals surface area contributed by atoms with Gasteiger partial charge in [0.1, 0.15) is 11.5 Å². The van der Waals surface area contributed by atoms with Gasteiger partial charge < -0.3 is 19.7 Å². The van der Waals surface area contributed by atoms with Crippen molar-refractivity contribution in [3.63, 3.8) is 0 Å². The molecule has 1 saturated heterocycles. The molecule has 0 unspecified atom stereocenters. The van der Waals surface area contributed by atoms with E-state index in [0.29, 0.717) is 28.8 Å². The van der Waals surface area contributed by atoms with E-state index in [1.165, 1.54) is 14.2 Å². The standard InChI is InChI=1S/C23H21ClN2O4/c1-29-20-12-21(30-2)18(11-17(20)24)25-23(28)15-10-22(27)26(13-15)19-9-5-7-14-6-3-4-8-16(14)19/h3-9,11-12,15H,10,13H2,1-2H3,(H,25,28)/t15-/m1/s1. The van der Waals surface area contributed by atoms with E-state index >= 15 is 0 Å². The van der Waals surface area contributed by atoms with Crippen molar-refractivity contribution >= 4 is 45.6 Å². The summed E-state index contributed by atoms with van der Waals surface area (Å²) in [5, 5.41) is 5.23. The average molecular weight is 425 g/mol. The summed E-state index contributed by atoms with van der Waals surface area (Å²) in [4.78, 5) is 27.3. The number of hydrogen-bond donors (Lipinski definition) is 1. The number of rotatable bonds is 5. The molecule has 7 heteroatoms. The van der Waals surface area contributed by atoms with E-state index in [2.05, 4.69) is 5.32 Å². The first-order valence-electron chi connectivity index (χ1n) is 9.52. The fourth-order valence-electron chi connectivity index (χ4n) is 3.75. The summed E-state index contributed by atoms with van der Waals surface area (Å²) in [5.41, 5.74) is 1.25. The van der Waals surface area contributed by atoms with Crippen molar-refractivity contribution in [2.24, 2.45) is 5.92 Å². The summed E-state index contributed by atoms with van der Waals surface area (Å²) in [7, 11) is 3.00. The minimum atomic E-state index is -0.484. The zero-order chi connectivity index (χ0) is 21.3. The number of halogens is 1. The minimum absolute atomic E-state index is 0.0776. The van der Waals surface area contributed by atoms with Crippen molar-refractivity contribution in [2.75, 3.05) is 31.0 Å². The SMILES string of the molecule is COc1cc(OC)c(NC(=O)[C@@H]2CC(=O)N(c3cccc4ccccc34)C2)cc1Cl. The molecule has 0 spiro atoms. The van der Waals surface area contributed by atoms with Gasteiger partial charge in [0, 0.05) is 24.4 Å². The number of nitrogens with one attached hydrogen (secondary N) is 1. The van der Waals surface area contributed by atoms with Crippen LogP contribution in [0.25, 0.3) is 10.8 Å². The first kappa shape index (κ1) is 20.0. The molecular formula is C23H21ClN2O4. The van der Waals surface area contributed by atoms with Crippen molar-refractivity contribution in [3.05, 3.63) is 59.6 Å². The molecule has 1 aliphatic heterocycles. The molecule has 1 atom stereocenters. The Hall–Kier alpha value is -3.25. The summed E-state index contributed by atoms with van der Waals surface area (Å²) < 4.78 is 10.5. The molecule has 0 aromatic heterocycles. The molecule has 1 heterocycles. The predicted octanol–water partition coefficient (Wildman–Crippen LogP) is 4.50. The van der Waals surface area contributed by atoms with Crippen LogP contribution in [0.1, 0.15) is 6.42 Å². The van der Waals surface area contributed by atoms with Crippen molar-refractivity contribution in [2.45, 2.75) is 6.42 Å². The van der Waals surface area contributed by atoms with E-state index in [1.807, 2.05) is 42.5 Å². The van der Waals surface area contributed by atoms with Gasteiger partial charge in [-0.25, -0.2) is 0 Å². The first-order chi connectivity index (χ1) is 14.5. The molecule has 2 amide bonds. The second-order valence-corrected chi connectivity index (χ2v) is 7.49. The van der Waals surface area contributed by atoms with Gasteiger partial charge in [-0.05, 0) is 17.5 Å². The van der Waals surface area contributed by atoms with E-state index in [1.54, 1.807) is 17.0 Å². The van der Waals surface area contributed by atoms with Gasteiger partial charge in [0.25, 0.3) is 0 Å². The molecular weight excluding hydrogens is 404 g/mol. The summed E-state index contributed by atoms with van der Waals surface area (Å²) in [5.74, 6) is 0.0587. The lowest BCUT2D eigenvalue weighted by Gasteiger charge is -2.19. The topological polar surface area (TPSA) is 67.9 Å². The Bertz CT molecular complexity index is 1130. The summed E-state index contributed by atoms with van der Waals surface area (Å²) in [6.07, 6.45) is 0.140. The molecule has 3 aromatic rings. The fraction of sp³-hybridized carbons (Fsp3) is 0.217. The Balaban J connectivity index is 1.56. The van der Waals surface area contributed by atoms with E-state index in [-0.39, 0.29) is 18.2 Å². The van der Waals surface area contributed by atoms with Gasteiger partial charge in [-0.3, -0.25) is 9.59 Å². The third-order valence-electron chi connectivity index (χ3n) is 5.29. The van der Waals surface area contributed by atoms with Gasteiger partial charge in [-0.1, -0.05) is 48.0 Å². The highest BCUT2D eigenvalue weighted by atomic mass is 35.5. The number of carbonyl (C=O) groups is 2. The van der Waals surface area contributed by atoms with E-state index < -0.39 is 5.92 Å². The van der Waals surface area contributed by atoms with Gasteiger partial charge in [0.15, 0.2) is 0 Å². The number of ether oxygens (including phenoxy) is 2. The lowest BCUT2D eigenvalue weighted by atomic mass is 10.1. The van der Waals surface area contributed by atoms with Crippen LogP contribution in [0, 0.1) is 5.92 Å². The number of methoxy groups -OCH3 is 2. The maximum absolute atomic E-state index is 12.9. The van der Waals surface area contributed by atoms with Gasteiger partial charge in [-0.2, -0.15) is 0 Å². The maximum Gasteiger partial charge on any atom is 0.229 e. The molecule has 6 nitrogen and oxygen atoms in total. The molecule has 30 heavy (non-hydrogen) atoms. The Morgan fingerprint density at radius 3 is 2.57 bits per heavy atom. The molecule has 1 aliphatic rings. The van der Waals surface area contributed by atoms with Crippen LogP contribution in [0.4, 0.5) is 11.4 Å². The number of anilines is 2. The second kappa shape index (κ2) is 8.24. The highest BCUT2D eigenvalue weighted by molar-refractivity contribution is 6.32. The normalized spacial score (nSPS) is 16.0. The Morgan fingerprint density at radius 2 is 1.80 bits per heavy atom. The number of carbonyl (C=O) groups excluding carboxylic acids is 2. The summed E-state index contributed by atoms with van der Waals surface area (Å²) in [6, 6.07) is 16.9. The first-order valence-corrected chi connectivity index (χ1v) is 9.90. The Labute approximate surface area is 179 Å². The quantitative estimate of drug-likeness (QED) is 0.654. The molecule has 0 bridgehead atoms. The van der Waals surface area contributed by atoms with Gasteiger partial charge in [-0.15, -0.1) is 0 Å². The van der Waals surface area contributed by atoms with Crippen LogP contribution >= 0.6 is 11.6 Å². The molecule has 1 N–H and O–H groups in total. The van der Waals surface area contributed by atoms with Crippen molar-refractivity contribution < 1.29 is 19.1 Å². The summed E-state index contributed by atoms with van der Waals surface area (Å²) in [6.45, 7) is 0.310. The predicted molar refractivity (Wildman–Crippen MR) is 118 cm³/mol. The van der Waals surface area contributed by atoms with Gasteiger partial charge >= 0.3 is 0 Å². The lowest BCUT2D eigenvalue weighted by molar-refractivity contribution is -0.122. The number of nitrogens with zero attached hydrogens (tertiary/aromatic N) is 1. The third kappa shape index (κ3) is 3.66. The van der Waals surface area contributed by atoms with Crippen LogP contribution in [-0.2, 0) is 9.59 Å². The highest BCUT2D eigenvalue weighted by Crippen LogP contribution is 2.37. The second-order valence-electron chi connectivity index (χ2n) is 7.08. The molecule has 0 aliphatic carbocycles. The van der Waals surface area contributed by atoms with Crippen LogP contribution < -0.4 is 19.7 Å². The lowest BCUT2D eigenvalue weighted by Crippen LogP contribution is -2.28. The molecule has 1 fully saturated rings. The Kier molecular flexibility index (Phi) is 5.50. The van der Waals surface area contributed by atoms with Crippen LogP contribution in [0.15, 0.2) is 54.6 Å². The van der Waals surface area contributed by atoms with Crippen molar-refractivity contribution in [3.8, 4) is 11.5 Å². The minimum Gasteiger partial charge on any atom is -0.495 e. The molecule has 0 saturated carbocycles. The van der Waals surface area contributed by atoms with Crippen LogP contribution in [-0.4, -0.2) is 32.6 Å². The van der Waals surface area contributed by atoms with E-state index in [0.717, 1.165) is 16.5 Å². The zero-order valence-corrected chi connectivity index (χ0v) is 17.4. The monoisotopic (exact) mass is 424 g/mol. The van der Waals surface area contributed by atoms with E-state index in [9.17, 15) is 9.59 Å². The molecule has 4 rings (SSSR count). The van der Waals surface area contributed by atoms with E-state index in [4.69, 9.17) is 21.1 Å². The van der Waals surface area contributed by atoms with Crippen molar-refractivity contribution in [1.82, 2.24) is 0 Å². The smallest absolute Gasteiger partial charge is 0.229 e. The highest BCUT2D eigenvalue weighted by Gasteiger charge is 2.36. The zero-order valence-electron chi connectivity index (χ0n) is 16.6. The number of amides is 2. The average Bonchev–Trinajstić information content (AvgIpc) is 3.15. The number of benzene rings is 3. The Morgan fingerprint density at radius 1 is 1.07 bits per heavy atom. The molecule has 0 radical (unpaired) electrons. The third-order valence-corrected chi connectivity index (χ3v) is 5.58. The van der Waals surface area contributed by atoms with Crippen LogP contribution in [0.3, 0.4) is 0 Å². The number of hydrogen-bond acceptors (Lipinski definition) is 4. The van der Waals surface area contributed by atoms with Crippen molar-refractivity contribution in [1.29, 1.82) is 0 Å². The van der Waals surface area contributed by atoms with Crippen LogP contribution in [0.5, 0.6) is 11.5 Å².